The van der Waals surface area contributed by atoms with Crippen LogP contribution in [0.3, 0.4) is 0 Å². The van der Waals surface area contributed by atoms with Gasteiger partial charge in [0.15, 0.2) is 0 Å². The van der Waals surface area contributed by atoms with Crippen molar-refractivity contribution in [2.75, 3.05) is 25.6 Å². The Hall–Kier alpha value is -1.66. The number of aromatic nitrogens is 1. The second-order valence-electron chi connectivity index (χ2n) is 4.32. The number of nitrogens with one attached hydrogen (secondary N) is 1. The van der Waals surface area contributed by atoms with Gasteiger partial charge in [0.1, 0.15) is 0 Å². The van der Waals surface area contributed by atoms with E-state index in [2.05, 4.69) is 10.4 Å². The highest BCUT2D eigenvalue weighted by Crippen LogP contribution is 2.19. The Kier molecular flexibility index (Phi) is 4.11. The summed E-state index contributed by atoms with van der Waals surface area (Å²) < 4.78 is 5.31. The van der Waals surface area contributed by atoms with Crippen molar-refractivity contribution in [3.05, 3.63) is 24.0 Å². The number of hydrogen-bond acceptors (Lipinski definition) is 5. The minimum absolute atomic E-state index is 0.0576. The fourth-order valence-corrected chi connectivity index (χ4v) is 2.18. The summed E-state index contributed by atoms with van der Waals surface area (Å²) in [5.41, 5.74) is 3.61. The smallest absolute Gasteiger partial charge is 0.257 e. The summed E-state index contributed by atoms with van der Waals surface area (Å²) in [5, 5.41) is 0. The molecule has 1 aromatic rings. The lowest BCUT2D eigenvalue weighted by Crippen LogP contribution is -2.43. The molecule has 1 amide bonds. The van der Waals surface area contributed by atoms with E-state index in [-0.39, 0.29) is 12.0 Å². The molecule has 0 radical (unpaired) electrons. The average Bonchev–Trinajstić information content (AvgIpc) is 2.46. The van der Waals surface area contributed by atoms with Crippen LogP contribution in [0.1, 0.15) is 23.2 Å². The molecule has 6 heteroatoms. The molecule has 6 nitrogen and oxygen atoms in total. The molecule has 1 atom stereocenters. The number of carbonyl (C=O) groups is 1. The van der Waals surface area contributed by atoms with Gasteiger partial charge in [-0.15, -0.1) is 0 Å². The molecule has 1 aromatic heterocycles. The van der Waals surface area contributed by atoms with Gasteiger partial charge in [-0.25, -0.2) is 0 Å². The zero-order valence-electron chi connectivity index (χ0n) is 10.4. The van der Waals surface area contributed by atoms with E-state index in [0.29, 0.717) is 17.8 Å². The molecule has 1 saturated heterocycles. The number of ether oxygens (including phenoxy) is 1. The van der Waals surface area contributed by atoms with Gasteiger partial charge in [0.2, 0.25) is 0 Å². The Balaban J connectivity index is 2.15. The largest absolute Gasteiger partial charge is 0.380 e. The molecular weight excluding hydrogens is 232 g/mol. The third-order valence-corrected chi connectivity index (χ3v) is 3.21. The first-order chi connectivity index (χ1) is 8.76. The monoisotopic (exact) mass is 250 g/mol. The van der Waals surface area contributed by atoms with Gasteiger partial charge in [-0.3, -0.25) is 15.6 Å². The second kappa shape index (κ2) is 5.79. The third kappa shape index (κ3) is 2.60. The number of amides is 1. The van der Waals surface area contributed by atoms with Crippen molar-refractivity contribution in [3.63, 3.8) is 0 Å². The Labute approximate surface area is 106 Å². The van der Waals surface area contributed by atoms with Gasteiger partial charge in [0.25, 0.3) is 5.91 Å². The van der Waals surface area contributed by atoms with Gasteiger partial charge >= 0.3 is 0 Å². The molecule has 0 aliphatic carbocycles. The lowest BCUT2D eigenvalue weighted by atomic mass is 10.1. The molecule has 0 bridgehead atoms. The maximum absolute atomic E-state index is 12.4. The van der Waals surface area contributed by atoms with Crippen molar-refractivity contribution in [1.29, 1.82) is 0 Å². The molecule has 98 valence electrons. The normalized spacial score (nSPS) is 19.7. The van der Waals surface area contributed by atoms with E-state index in [1.807, 2.05) is 0 Å². The van der Waals surface area contributed by atoms with E-state index < -0.39 is 0 Å². The molecule has 0 aromatic carbocycles. The quantitative estimate of drug-likeness (QED) is 0.607. The molecule has 2 rings (SSSR count). The maximum atomic E-state index is 12.4. The molecular formula is C12H18N4O2. The number of pyridine rings is 1. The Morgan fingerprint density at radius 2 is 2.50 bits per heavy atom. The highest BCUT2D eigenvalue weighted by molar-refractivity contribution is 5.99. The van der Waals surface area contributed by atoms with E-state index >= 15 is 0 Å². The standard InChI is InChI=1S/C12H18N4O2/c1-18-9-3-2-6-16(8-9)12(17)10-7-14-5-4-11(10)15-13/h4-5,7,9H,2-3,6,8,13H2,1H3,(H,14,15). The number of piperidine rings is 1. The average molecular weight is 250 g/mol. The van der Waals surface area contributed by atoms with Gasteiger partial charge < -0.3 is 15.1 Å². The summed E-state index contributed by atoms with van der Waals surface area (Å²) in [7, 11) is 1.68. The number of carbonyl (C=O) groups excluding carboxylic acids is 1. The second-order valence-corrected chi connectivity index (χ2v) is 4.32. The zero-order chi connectivity index (χ0) is 13.0. The van der Waals surface area contributed by atoms with Gasteiger partial charge in [-0.2, -0.15) is 0 Å². The molecule has 18 heavy (non-hydrogen) atoms. The number of methoxy groups -OCH3 is 1. The fourth-order valence-electron chi connectivity index (χ4n) is 2.18. The number of likely N-dealkylation sites (tertiary alicyclic amines) is 1. The Bertz CT molecular complexity index is 424. The number of nitrogens with two attached hydrogens (primary N) is 1. The first kappa shape index (κ1) is 12.8. The van der Waals surface area contributed by atoms with E-state index in [1.165, 1.54) is 6.20 Å². The highest BCUT2D eigenvalue weighted by Gasteiger charge is 2.25. The van der Waals surface area contributed by atoms with Crippen molar-refractivity contribution in [3.8, 4) is 0 Å². The number of nitrogens with zero attached hydrogens (tertiary/aromatic N) is 2. The maximum Gasteiger partial charge on any atom is 0.257 e. The minimum atomic E-state index is -0.0576. The van der Waals surface area contributed by atoms with Crippen LogP contribution in [0.2, 0.25) is 0 Å². The van der Waals surface area contributed by atoms with Crippen molar-refractivity contribution in [1.82, 2.24) is 9.88 Å². The summed E-state index contributed by atoms with van der Waals surface area (Å²) in [6.45, 7) is 1.37. The predicted octanol–water partition coefficient (Wildman–Crippen LogP) is 0.618. The van der Waals surface area contributed by atoms with Crippen LogP contribution < -0.4 is 11.3 Å². The Morgan fingerprint density at radius 1 is 1.67 bits per heavy atom. The summed E-state index contributed by atoms with van der Waals surface area (Å²) >= 11 is 0. The molecule has 0 spiro atoms. The summed E-state index contributed by atoms with van der Waals surface area (Å²) in [6.07, 6.45) is 5.20. The lowest BCUT2D eigenvalue weighted by Gasteiger charge is -2.32. The zero-order valence-corrected chi connectivity index (χ0v) is 10.4. The fraction of sp³-hybridized carbons (Fsp3) is 0.500. The number of rotatable bonds is 3. The predicted molar refractivity (Wildman–Crippen MR) is 68.0 cm³/mol. The number of hydrazine groups is 1. The highest BCUT2D eigenvalue weighted by atomic mass is 16.5. The summed E-state index contributed by atoms with van der Waals surface area (Å²) in [4.78, 5) is 18.1. The van der Waals surface area contributed by atoms with Crippen LogP contribution in [0.5, 0.6) is 0 Å². The SMILES string of the molecule is COC1CCCN(C(=O)c2cnccc2NN)C1. The van der Waals surface area contributed by atoms with Crippen LogP contribution in [0.25, 0.3) is 0 Å². The number of nitrogen functional groups attached to an aromatic ring is 1. The van der Waals surface area contributed by atoms with E-state index in [4.69, 9.17) is 10.6 Å². The third-order valence-electron chi connectivity index (χ3n) is 3.21. The van der Waals surface area contributed by atoms with Gasteiger partial charge in [-0.05, 0) is 18.9 Å². The van der Waals surface area contributed by atoms with Crippen LogP contribution in [0.15, 0.2) is 18.5 Å². The van der Waals surface area contributed by atoms with E-state index in [1.54, 1.807) is 24.3 Å². The van der Waals surface area contributed by atoms with Crippen molar-refractivity contribution < 1.29 is 9.53 Å². The molecule has 1 fully saturated rings. The van der Waals surface area contributed by atoms with E-state index in [9.17, 15) is 4.79 Å². The lowest BCUT2D eigenvalue weighted by molar-refractivity contribution is 0.0269. The number of hydrogen-bond donors (Lipinski definition) is 2. The first-order valence-electron chi connectivity index (χ1n) is 5.99. The van der Waals surface area contributed by atoms with Gasteiger partial charge in [0.05, 0.1) is 17.4 Å². The Morgan fingerprint density at radius 3 is 3.22 bits per heavy atom. The molecule has 3 N–H and O–H groups in total. The van der Waals surface area contributed by atoms with Crippen LogP contribution in [0.4, 0.5) is 5.69 Å². The minimum Gasteiger partial charge on any atom is -0.380 e. The van der Waals surface area contributed by atoms with Gasteiger partial charge in [0, 0.05) is 32.6 Å². The van der Waals surface area contributed by atoms with Crippen LogP contribution in [0, 0.1) is 0 Å². The number of anilines is 1. The van der Waals surface area contributed by atoms with Crippen molar-refractivity contribution >= 4 is 11.6 Å². The topological polar surface area (TPSA) is 80.5 Å². The molecule has 1 aliphatic rings. The van der Waals surface area contributed by atoms with Crippen LogP contribution >= 0.6 is 0 Å². The first-order valence-corrected chi connectivity index (χ1v) is 5.99. The van der Waals surface area contributed by atoms with E-state index in [0.717, 1.165) is 19.4 Å². The van der Waals surface area contributed by atoms with Crippen molar-refractivity contribution in [2.24, 2.45) is 5.84 Å². The van der Waals surface area contributed by atoms with Crippen LogP contribution in [-0.4, -0.2) is 42.1 Å². The van der Waals surface area contributed by atoms with Gasteiger partial charge in [-0.1, -0.05) is 0 Å². The molecule has 2 heterocycles. The molecule has 0 saturated carbocycles. The summed E-state index contributed by atoms with van der Waals surface area (Å²) in [6, 6.07) is 1.69. The molecule has 1 aliphatic heterocycles. The van der Waals surface area contributed by atoms with Crippen molar-refractivity contribution in [2.45, 2.75) is 18.9 Å². The molecule has 1 unspecified atom stereocenters. The van der Waals surface area contributed by atoms with Crippen LogP contribution in [-0.2, 0) is 4.74 Å². The summed E-state index contributed by atoms with van der Waals surface area (Å²) in [5.74, 6) is 5.34.